The molecule has 0 spiro atoms. The van der Waals surface area contributed by atoms with Crippen LogP contribution in [0.15, 0.2) is 42.5 Å². The van der Waals surface area contributed by atoms with Gasteiger partial charge < -0.3 is 21.1 Å². The quantitative estimate of drug-likeness (QED) is 0.590. The highest BCUT2D eigenvalue weighted by Gasteiger charge is 2.07. The molecule has 2 aromatic rings. The van der Waals surface area contributed by atoms with Gasteiger partial charge in [-0.25, -0.2) is 0 Å². The number of hydrogen-bond donors (Lipinski definition) is 3. The first-order chi connectivity index (χ1) is 13.0. The lowest BCUT2D eigenvalue weighted by atomic mass is 10.1. The molecule has 2 rings (SSSR count). The molecule has 4 N–H and O–H groups in total. The molecule has 0 radical (unpaired) electrons. The van der Waals surface area contributed by atoms with Crippen LogP contribution in [0.1, 0.15) is 33.5 Å². The van der Waals surface area contributed by atoms with Crippen LogP contribution in [-0.4, -0.2) is 31.5 Å². The molecular weight excluding hydrogens is 342 g/mol. The van der Waals surface area contributed by atoms with Gasteiger partial charge in [0.2, 0.25) is 0 Å². The predicted octanol–water partition coefficient (Wildman–Crippen LogP) is 2.08. The molecule has 0 aliphatic rings. The Balaban J connectivity index is 1.62. The molecule has 0 atom stereocenters. The van der Waals surface area contributed by atoms with Crippen LogP contribution in [0.5, 0.6) is 5.75 Å². The summed E-state index contributed by atoms with van der Waals surface area (Å²) in [6.45, 7) is 5.36. The first-order valence-electron chi connectivity index (χ1n) is 9.04. The highest BCUT2D eigenvalue weighted by atomic mass is 16.5. The molecule has 0 aliphatic carbocycles. The van der Waals surface area contributed by atoms with E-state index in [0.717, 1.165) is 22.4 Å². The number of ether oxygens (including phenoxy) is 1. The summed E-state index contributed by atoms with van der Waals surface area (Å²) in [4.78, 5) is 23.9. The van der Waals surface area contributed by atoms with Crippen molar-refractivity contribution in [2.45, 2.75) is 26.8 Å². The molecule has 6 nitrogen and oxygen atoms in total. The van der Waals surface area contributed by atoms with Gasteiger partial charge in [-0.15, -0.1) is 0 Å². The number of carbonyl (C=O) groups is 2. The SMILES string of the molecule is Cc1cccc(OCC(=O)NCCCNC(=O)c2ccc(CN)cc2)c1C. The molecule has 0 aliphatic heterocycles. The fraction of sp³-hybridized carbons (Fsp3) is 0.333. The Morgan fingerprint density at radius 2 is 1.70 bits per heavy atom. The van der Waals surface area contributed by atoms with Gasteiger partial charge in [0.05, 0.1) is 0 Å². The van der Waals surface area contributed by atoms with Gasteiger partial charge in [0.15, 0.2) is 6.61 Å². The molecule has 2 aromatic carbocycles. The van der Waals surface area contributed by atoms with E-state index in [1.165, 1.54) is 0 Å². The summed E-state index contributed by atoms with van der Waals surface area (Å²) in [7, 11) is 0. The molecule has 27 heavy (non-hydrogen) atoms. The molecule has 0 saturated heterocycles. The molecule has 0 heterocycles. The van der Waals surface area contributed by atoms with E-state index in [1.54, 1.807) is 12.1 Å². The van der Waals surface area contributed by atoms with E-state index in [0.29, 0.717) is 31.6 Å². The van der Waals surface area contributed by atoms with Gasteiger partial charge in [-0.3, -0.25) is 9.59 Å². The molecule has 0 saturated carbocycles. The summed E-state index contributed by atoms with van der Waals surface area (Å²) in [6, 6.07) is 12.9. The van der Waals surface area contributed by atoms with Crippen molar-refractivity contribution in [3.8, 4) is 5.75 Å². The fourth-order valence-electron chi connectivity index (χ4n) is 2.49. The summed E-state index contributed by atoms with van der Waals surface area (Å²) in [6.07, 6.45) is 0.641. The van der Waals surface area contributed by atoms with Crippen LogP contribution in [0.4, 0.5) is 0 Å². The van der Waals surface area contributed by atoms with Crippen molar-refractivity contribution in [3.05, 3.63) is 64.7 Å². The molecular formula is C21H27N3O3. The zero-order valence-corrected chi connectivity index (χ0v) is 15.9. The Labute approximate surface area is 160 Å². The summed E-state index contributed by atoms with van der Waals surface area (Å²) in [5.41, 5.74) is 9.28. The molecule has 2 amide bonds. The van der Waals surface area contributed by atoms with Crippen LogP contribution < -0.4 is 21.1 Å². The maximum Gasteiger partial charge on any atom is 0.257 e. The largest absolute Gasteiger partial charge is 0.483 e. The zero-order chi connectivity index (χ0) is 19.6. The zero-order valence-electron chi connectivity index (χ0n) is 15.9. The number of hydrogen-bond acceptors (Lipinski definition) is 4. The van der Waals surface area contributed by atoms with E-state index in [9.17, 15) is 9.59 Å². The predicted molar refractivity (Wildman–Crippen MR) is 106 cm³/mol. The van der Waals surface area contributed by atoms with Crippen LogP contribution in [0, 0.1) is 13.8 Å². The van der Waals surface area contributed by atoms with Crippen LogP contribution in [0.3, 0.4) is 0 Å². The van der Waals surface area contributed by atoms with Gasteiger partial charge in [-0.1, -0.05) is 24.3 Å². The van der Waals surface area contributed by atoms with Crippen molar-refractivity contribution in [1.82, 2.24) is 10.6 Å². The van der Waals surface area contributed by atoms with Crippen LogP contribution in [0.2, 0.25) is 0 Å². The third kappa shape index (κ3) is 6.42. The van der Waals surface area contributed by atoms with Gasteiger partial charge in [0.1, 0.15) is 5.75 Å². The normalized spacial score (nSPS) is 10.3. The smallest absolute Gasteiger partial charge is 0.257 e. The third-order valence-electron chi connectivity index (χ3n) is 4.33. The Bertz CT molecular complexity index is 773. The maximum absolute atomic E-state index is 12.0. The fourth-order valence-corrected chi connectivity index (χ4v) is 2.49. The lowest BCUT2D eigenvalue weighted by molar-refractivity contribution is -0.123. The van der Waals surface area contributed by atoms with Gasteiger partial charge >= 0.3 is 0 Å². The monoisotopic (exact) mass is 369 g/mol. The molecule has 0 aromatic heterocycles. The van der Waals surface area contributed by atoms with Crippen LogP contribution >= 0.6 is 0 Å². The van der Waals surface area contributed by atoms with Gasteiger partial charge in [0, 0.05) is 25.2 Å². The summed E-state index contributed by atoms with van der Waals surface area (Å²) < 4.78 is 5.56. The Kier molecular flexibility index (Phi) is 7.82. The molecule has 0 unspecified atom stereocenters. The van der Waals surface area contributed by atoms with Crippen molar-refractivity contribution in [3.63, 3.8) is 0 Å². The molecule has 0 bridgehead atoms. The Morgan fingerprint density at radius 3 is 2.41 bits per heavy atom. The number of nitrogens with two attached hydrogens (primary N) is 1. The van der Waals surface area contributed by atoms with Gasteiger partial charge in [-0.2, -0.15) is 0 Å². The lowest BCUT2D eigenvalue weighted by Gasteiger charge is -2.11. The first-order valence-corrected chi connectivity index (χ1v) is 9.04. The average Bonchev–Trinajstić information content (AvgIpc) is 2.68. The minimum atomic E-state index is -0.181. The number of nitrogens with one attached hydrogen (secondary N) is 2. The van der Waals surface area contributed by atoms with Crippen molar-refractivity contribution in [2.24, 2.45) is 5.73 Å². The van der Waals surface area contributed by atoms with E-state index >= 15 is 0 Å². The highest BCUT2D eigenvalue weighted by Crippen LogP contribution is 2.20. The van der Waals surface area contributed by atoms with Crippen molar-refractivity contribution in [2.75, 3.05) is 19.7 Å². The van der Waals surface area contributed by atoms with Crippen molar-refractivity contribution in [1.29, 1.82) is 0 Å². The maximum atomic E-state index is 12.0. The topological polar surface area (TPSA) is 93.5 Å². The van der Waals surface area contributed by atoms with Crippen molar-refractivity contribution < 1.29 is 14.3 Å². The third-order valence-corrected chi connectivity index (χ3v) is 4.33. The van der Waals surface area contributed by atoms with Gasteiger partial charge in [0.25, 0.3) is 11.8 Å². The van der Waals surface area contributed by atoms with Crippen LogP contribution in [0.25, 0.3) is 0 Å². The summed E-state index contributed by atoms with van der Waals surface area (Å²) >= 11 is 0. The minimum Gasteiger partial charge on any atom is -0.483 e. The molecule has 144 valence electrons. The van der Waals surface area contributed by atoms with E-state index in [-0.39, 0.29) is 18.4 Å². The molecule has 6 heteroatoms. The summed E-state index contributed by atoms with van der Waals surface area (Å²) in [5, 5.41) is 5.62. The molecule has 0 fully saturated rings. The number of carbonyl (C=O) groups excluding carboxylic acids is 2. The second-order valence-corrected chi connectivity index (χ2v) is 6.35. The van der Waals surface area contributed by atoms with E-state index in [1.807, 2.05) is 44.2 Å². The van der Waals surface area contributed by atoms with Crippen molar-refractivity contribution >= 4 is 11.8 Å². The number of amides is 2. The first kappa shape index (κ1) is 20.5. The van der Waals surface area contributed by atoms with E-state index < -0.39 is 0 Å². The summed E-state index contributed by atoms with van der Waals surface area (Å²) in [5.74, 6) is 0.404. The number of aryl methyl sites for hydroxylation is 1. The standard InChI is InChI=1S/C21H27N3O3/c1-15-5-3-6-19(16(15)2)27-14-20(25)23-11-4-12-24-21(26)18-9-7-17(13-22)8-10-18/h3,5-10H,4,11-14,22H2,1-2H3,(H,23,25)(H,24,26). The number of rotatable bonds is 9. The van der Waals surface area contributed by atoms with Crippen LogP contribution in [-0.2, 0) is 11.3 Å². The van der Waals surface area contributed by atoms with E-state index in [2.05, 4.69) is 10.6 Å². The average molecular weight is 369 g/mol. The second kappa shape index (κ2) is 10.3. The van der Waals surface area contributed by atoms with Gasteiger partial charge in [-0.05, 0) is 55.2 Å². The number of benzene rings is 2. The Hall–Kier alpha value is -2.86. The highest BCUT2D eigenvalue weighted by molar-refractivity contribution is 5.94. The second-order valence-electron chi connectivity index (χ2n) is 6.35. The minimum absolute atomic E-state index is 0.0237. The van der Waals surface area contributed by atoms with E-state index in [4.69, 9.17) is 10.5 Å². The lowest BCUT2D eigenvalue weighted by Crippen LogP contribution is -2.32. The Morgan fingerprint density at radius 1 is 1.00 bits per heavy atom.